The first-order valence-electron chi connectivity index (χ1n) is 1.53. The molecule has 12 heteroatoms. The Balaban J connectivity index is -0.0000000457. The van der Waals surface area contributed by atoms with E-state index in [-0.39, 0.29) is 46.6 Å². The predicted octanol–water partition coefficient (Wildman–Crippen LogP) is -8.16. The molecule has 0 saturated heterocycles. The van der Waals surface area contributed by atoms with Crippen LogP contribution in [-0.4, -0.2) is 31.4 Å². The molecular formula is H3FeNaO8SSi. The normalized spacial score (nSPS) is 9.83. The molecule has 0 heterocycles. The van der Waals surface area contributed by atoms with Crippen molar-refractivity contribution in [1.82, 2.24) is 0 Å². The second-order valence-electron chi connectivity index (χ2n) is 0.972. The van der Waals surface area contributed by atoms with E-state index >= 15 is 0 Å². The molecule has 0 fully saturated rings. The first-order chi connectivity index (χ1) is 4.00. The van der Waals surface area contributed by atoms with Crippen molar-refractivity contribution in [2.45, 2.75) is 0 Å². The van der Waals surface area contributed by atoms with Gasteiger partial charge in [-0.1, -0.05) is 0 Å². The Morgan fingerprint density at radius 3 is 1.08 bits per heavy atom. The molecule has 0 spiro atoms. The minimum Gasteiger partial charge on any atom is -0.861 e. The van der Waals surface area contributed by atoms with Gasteiger partial charge in [-0.2, -0.15) is 8.42 Å². The van der Waals surface area contributed by atoms with E-state index in [1.165, 1.54) is 0 Å². The van der Waals surface area contributed by atoms with Gasteiger partial charge in [0.1, 0.15) is 0 Å². The van der Waals surface area contributed by atoms with Gasteiger partial charge >= 0.3 is 57.0 Å². The molecule has 0 saturated carbocycles. The summed E-state index contributed by atoms with van der Waals surface area (Å²) in [6.45, 7) is 0. The van der Waals surface area contributed by atoms with Crippen LogP contribution in [0.25, 0.3) is 0 Å². The van der Waals surface area contributed by atoms with Crippen molar-refractivity contribution in [3.8, 4) is 0 Å². The Bertz CT molecular complexity index is 154. The Labute approximate surface area is 102 Å². The van der Waals surface area contributed by atoms with Crippen LogP contribution in [0.3, 0.4) is 0 Å². The van der Waals surface area contributed by atoms with Crippen molar-refractivity contribution in [2.75, 3.05) is 0 Å². The molecule has 0 atom stereocenters. The van der Waals surface area contributed by atoms with Gasteiger partial charge in [0.05, 0.1) is 0 Å². The standard InChI is InChI=1S/Fe.Na.H2O4S.HO4Si/c;;2*1-5(2,3)4/h;;(H2,1,2,3,4);1H/q+2;+1;;-3. The van der Waals surface area contributed by atoms with Gasteiger partial charge in [-0.25, -0.2) is 0 Å². The van der Waals surface area contributed by atoms with E-state index in [9.17, 15) is 0 Å². The molecule has 0 radical (unpaired) electrons. The van der Waals surface area contributed by atoms with Crippen LogP contribution in [0.4, 0.5) is 0 Å². The molecule has 0 aromatic heterocycles. The van der Waals surface area contributed by atoms with Crippen molar-refractivity contribution < 1.29 is 83.3 Å². The first-order valence-corrected chi connectivity index (χ1v) is 4.60. The van der Waals surface area contributed by atoms with Crippen LogP contribution in [0.2, 0.25) is 0 Å². The van der Waals surface area contributed by atoms with Crippen LogP contribution in [0.15, 0.2) is 0 Å². The molecular weight excluding hydrogens is 267 g/mol. The third kappa shape index (κ3) is 597. The van der Waals surface area contributed by atoms with Gasteiger partial charge in [-0.3, -0.25) is 9.11 Å². The van der Waals surface area contributed by atoms with Gasteiger partial charge in [0, 0.05) is 0 Å². The van der Waals surface area contributed by atoms with Crippen molar-refractivity contribution >= 4 is 19.4 Å². The summed E-state index contributed by atoms with van der Waals surface area (Å²) in [5.74, 6) is 0. The molecule has 0 amide bonds. The fourth-order valence-electron chi connectivity index (χ4n) is 0. The summed E-state index contributed by atoms with van der Waals surface area (Å²) < 4.78 is 31.6. The second-order valence-corrected chi connectivity index (χ2v) is 2.92. The smallest absolute Gasteiger partial charge is 0.861 e. The van der Waals surface area contributed by atoms with Crippen LogP contribution in [-0.2, 0) is 27.5 Å². The summed E-state index contributed by atoms with van der Waals surface area (Å²) in [7, 11) is -10.0. The average Bonchev–Trinajstić information content (AvgIpc) is 1.12. The maximum absolute atomic E-state index is 8.74. The van der Waals surface area contributed by atoms with Crippen LogP contribution in [0, 0.1) is 0 Å². The van der Waals surface area contributed by atoms with E-state index in [1.54, 1.807) is 0 Å². The number of rotatable bonds is 0. The zero-order valence-electron chi connectivity index (χ0n) is 5.64. The Morgan fingerprint density at radius 2 is 1.08 bits per heavy atom. The van der Waals surface area contributed by atoms with Gasteiger partial charge in [-0.05, 0) is 0 Å². The number of hydrogen-bond acceptors (Lipinski definition) is 6. The van der Waals surface area contributed by atoms with E-state index in [0.717, 1.165) is 0 Å². The monoisotopic (exact) mass is 270 g/mol. The van der Waals surface area contributed by atoms with Gasteiger partial charge in [0.25, 0.3) is 0 Å². The molecule has 0 bridgehead atoms. The third-order valence-corrected chi connectivity index (χ3v) is 0. The molecule has 3 N–H and O–H groups in total. The molecule has 0 unspecified atom stereocenters. The fourth-order valence-corrected chi connectivity index (χ4v) is 0. The van der Waals surface area contributed by atoms with E-state index in [4.69, 9.17) is 36.7 Å². The largest absolute Gasteiger partial charge is 2.00 e. The summed E-state index contributed by atoms with van der Waals surface area (Å²) in [5, 5.41) is 0. The first kappa shape index (κ1) is 23.3. The van der Waals surface area contributed by atoms with E-state index in [2.05, 4.69) is 0 Å². The molecule has 0 aliphatic rings. The van der Waals surface area contributed by atoms with Gasteiger partial charge in [0.15, 0.2) is 0 Å². The van der Waals surface area contributed by atoms with Crippen molar-refractivity contribution in [3.05, 3.63) is 0 Å². The van der Waals surface area contributed by atoms with E-state index in [1.807, 2.05) is 0 Å². The SMILES string of the molecule is O=S(=O)(O)O.[Fe+2].[Na+].[O-][Si]([O-])([O-])O. The molecule has 0 aromatic rings. The number of hydrogen-bond donors (Lipinski definition) is 3. The fraction of sp³-hybridized carbons (Fsp3) is 0. The van der Waals surface area contributed by atoms with Crippen molar-refractivity contribution in [1.29, 1.82) is 0 Å². The maximum atomic E-state index is 8.74. The van der Waals surface area contributed by atoms with Crippen LogP contribution < -0.4 is 43.9 Å². The Kier molecular flexibility index (Phi) is 17.5. The van der Waals surface area contributed by atoms with Crippen molar-refractivity contribution in [3.63, 3.8) is 0 Å². The van der Waals surface area contributed by atoms with Crippen LogP contribution in [0.1, 0.15) is 0 Å². The van der Waals surface area contributed by atoms with Gasteiger partial charge in [-0.15, -0.1) is 9.05 Å². The summed E-state index contributed by atoms with van der Waals surface area (Å²) in [5.41, 5.74) is 0. The molecule has 8 nitrogen and oxygen atoms in total. The van der Waals surface area contributed by atoms with Gasteiger partial charge in [0.2, 0.25) is 0 Å². The van der Waals surface area contributed by atoms with E-state index in [0.29, 0.717) is 0 Å². The van der Waals surface area contributed by atoms with Gasteiger partial charge < -0.3 is 19.2 Å². The molecule has 0 aliphatic heterocycles. The average molecular weight is 270 g/mol. The maximum Gasteiger partial charge on any atom is 2.00 e. The Hall–Kier alpha value is 1.45. The minimum absolute atomic E-state index is 0. The predicted molar refractivity (Wildman–Crippen MR) is 22.2 cm³/mol. The molecule has 0 aromatic carbocycles. The zero-order valence-corrected chi connectivity index (χ0v) is 10.6. The van der Waals surface area contributed by atoms with Crippen molar-refractivity contribution in [2.24, 2.45) is 0 Å². The van der Waals surface area contributed by atoms with Crippen LogP contribution >= 0.6 is 0 Å². The molecule has 70 valence electrons. The van der Waals surface area contributed by atoms with Crippen LogP contribution in [0.5, 0.6) is 0 Å². The zero-order chi connectivity index (χ0) is 9.00. The summed E-state index contributed by atoms with van der Waals surface area (Å²) in [6, 6.07) is 0. The topological polar surface area (TPSA) is 164 Å². The second kappa shape index (κ2) is 9.02. The molecule has 0 rings (SSSR count). The van der Waals surface area contributed by atoms with E-state index < -0.39 is 19.4 Å². The summed E-state index contributed by atoms with van der Waals surface area (Å²) in [4.78, 5) is 33.1. The Morgan fingerprint density at radius 1 is 1.08 bits per heavy atom. The summed E-state index contributed by atoms with van der Waals surface area (Å²) in [6.07, 6.45) is 0. The summed E-state index contributed by atoms with van der Waals surface area (Å²) >= 11 is 0. The molecule has 12 heavy (non-hydrogen) atoms. The quantitative estimate of drug-likeness (QED) is 0.288. The third-order valence-electron chi connectivity index (χ3n) is 0. The minimum atomic E-state index is -5.36. The molecule has 0 aliphatic carbocycles.